The molecule has 0 radical (unpaired) electrons. The van der Waals surface area contributed by atoms with Crippen molar-refractivity contribution in [2.75, 3.05) is 33.3 Å². The first-order valence-corrected chi connectivity index (χ1v) is 8.98. The monoisotopic (exact) mass is 384 g/mol. The van der Waals surface area contributed by atoms with Crippen molar-refractivity contribution in [2.45, 2.75) is 6.42 Å². The minimum Gasteiger partial charge on any atom is -0.465 e. The molecule has 2 amide bonds. The molecule has 2 aromatic carbocycles. The Morgan fingerprint density at radius 1 is 0.929 bits per heavy atom. The summed E-state index contributed by atoms with van der Waals surface area (Å²) in [5.74, 6) is -1.06. The van der Waals surface area contributed by atoms with E-state index in [-0.39, 0.29) is 24.1 Å². The van der Waals surface area contributed by atoms with Gasteiger partial charge in [0.25, 0.3) is 5.91 Å². The van der Waals surface area contributed by atoms with Crippen LogP contribution >= 0.6 is 0 Å². The van der Waals surface area contributed by atoms with Crippen LogP contribution in [0.4, 0.5) is 4.39 Å². The first kappa shape index (κ1) is 19.5. The molecule has 1 saturated heterocycles. The normalized spacial score (nSPS) is 13.9. The quantitative estimate of drug-likeness (QED) is 0.758. The predicted octanol–water partition coefficient (Wildman–Crippen LogP) is 2.14. The minimum absolute atomic E-state index is 0.0496. The molecule has 0 atom stereocenters. The molecule has 7 heteroatoms. The van der Waals surface area contributed by atoms with E-state index in [0.717, 1.165) is 5.56 Å². The molecule has 1 fully saturated rings. The van der Waals surface area contributed by atoms with Crippen LogP contribution in [0, 0.1) is 5.82 Å². The van der Waals surface area contributed by atoms with Crippen molar-refractivity contribution in [2.24, 2.45) is 0 Å². The first-order chi connectivity index (χ1) is 13.5. The van der Waals surface area contributed by atoms with Crippen molar-refractivity contribution >= 4 is 17.8 Å². The summed E-state index contributed by atoms with van der Waals surface area (Å²) in [4.78, 5) is 40.1. The van der Waals surface area contributed by atoms with E-state index < -0.39 is 5.97 Å². The Morgan fingerprint density at radius 3 is 2.18 bits per heavy atom. The second-order valence-electron chi connectivity index (χ2n) is 6.55. The van der Waals surface area contributed by atoms with Gasteiger partial charge in [-0.05, 0) is 35.9 Å². The largest absolute Gasteiger partial charge is 0.465 e. The topological polar surface area (TPSA) is 66.9 Å². The number of benzene rings is 2. The number of amides is 2. The number of rotatable bonds is 4. The molecule has 2 aromatic rings. The van der Waals surface area contributed by atoms with Gasteiger partial charge in [-0.25, -0.2) is 9.18 Å². The van der Waals surface area contributed by atoms with Gasteiger partial charge in [0.05, 0.1) is 19.1 Å². The maximum atomic E-state index is 13.0. The van der Waals surface area contributed by atoms with Crippen molar-refractivity contribution in [3.05, 3.63) is 71.0 Å². The van der Waals surface area contributed by atoms with Crippen LogP contribution in [0.1, 0.15) is 26.3 Å². The number of hydrogen-bond acceptors (Lipinski definition) is 4. The smallest absolute Gasteiger partial charge is 0.337 e. The van der Waals surface area contributed by atoms with E-state index in [4.69, 9.17) is 0 Å². The number of carbonyl (C=O) groups is 3. The van der Waals surface area contributed by atoms with E-state index in [1.54, 1.807) is 40.1 Å². The second-order valence-corrected chi connectivity index (χ2v) is 6.55. The lowest BCUT2D eigenvalue weighted by Gasteiger charge is -2.35. The molecule has 0 aromatic heterocycles. The number of carbonyl (C=O) groups excluding carboxylic acids is 3. The van der Waals surface area contributed by atoms with Gasteiger partial charge < -0.3 is 14.5 Å². The van der Waals surface area contributed by atoms with Crippen LogP contribution in [0.3, 0.4) is 0 Å². The molecule has 0 aliphatic carbocycles. The van der Waals surface area contributed by atoms with Crippen LogP contribution in [0.25, 0.3) is 0 Å². The van der Waals surface area contributed by atoms with Gasteiger partial charge >= 0.3 is 5.97 Å². The molecule has 28 heavy (non-hydrogen) atoms. The lowest BCUT2D eigenvalue weighted by atomic mass is 10.1. The Hall–Kier alpha value is -3.22. The molecule has 1 heterocycles. The summed E-state index contributed by atoms with van der Waals surface area (Å²) in [6, 6.07) is 12.3. The number of methoxy groups -OCH3 is 1. The lowest BCUT2D eigenvalue weighted by Crippen LogP contribution is -2.51. The van der Waals surface area contributed by atoms with Crippen molar-refractivity contribution in [1.29, 1.82) is 0 Å². The molecule has 0 N–H and O–H groups in total. The number of halogens is 1. The molecule has 6 nitrogen and oxygen atoms in total. The summed E-state index contributed by atoms with van der Waals surface area (Å²) in [5.41, 5.74) is 1.49. The van der Waals surface area contributed by atoms with Gasteiger partial charge in [-0.15, -0.1) is 0 Å². The highest BCUT2D eigenvalue weighted by molar-refractivity contribution is 5.98. The highest BCUT2D eigenvalue weighted by Crippen LogP contribution is 2.13. The molecular formula is C21H21FN2O4. The fraction of sp³-hybridized carbons (Fsp3) is 0.286. The van der Waals surface area contributed by atoms with Gasteiger partial charge in [0, 0.05) is 31.7 Å². The van der Waals surface area contributed by atoms with Gasteiger partial charge in [-0.3, -0.25) is 9.59 Å². The molecule has 0 spiro atoms. The van der Waals surface area contributed by atoms with Gasteiger partial charge in [0.15, 0.2) is 0 Å². The summed E-state index contributed by atoms with van der Waals surface area (Å²) >= 11 is 0. The van der Waals surface area contributed by atoms with E-state index in [1.807, 2.05) is 0 Å². The maximum Gasteiger partial charge on any atom is 0.337 e. The third-order valence-corrected chi connectivity index (χ3v) is 4.72. The van der Waals surface area contributed by atoms with E-state index in [0.29, 0.717) is 37.3 Å². The Balaban J connectivity index is 1.57. The van der Waals surface area contributed by atoms with Crippen molar-refractivity contribution in [1.82, 2.24) is 9.80 Å². The number of ether oxygens (including phenoxy) is 1. The summed E-state index contributed by atoms with van der Waals surface area (Å²) in [5, 5.41) is 0. The zero-order chi connectivity index (χ0) is 20.1. The number of nitrogens with zero attached hydrogens (tertiary/aromatic N) is 2. The van der Waals surface area contributed by atoms with Gasteiger partial charge in [-0.1, -0.05) is 18.2 Å². The SMILES string of the molecule is COC(=O)c1cccc(C(=O)N2CCN(C(=O)Cc3ccc(F)cc3)CC2)c1. The fourth-order valence-corrected chi connectivity index (χ4v) is 3.13. The highest BCUT2D eigenvalue weighted by Gasteiger charge is 2.25. The summed E-state index contributed by atoms with van der Waals surface area (Å²) < 4.78 is 17.7. The second kappa shape index (κ2) is 8.65. The van der Waals surface area contributed by atoms with Gasteiger partial charge in [-0.2, -0.15) is 0 Å². The first-order valence-electron chi connectivity index (χ1n) is 8.98. The Bertz CT molecular complexity index is 874. The van der Waals surface area contributed by atoms with Gasteiger partial charge in [0.1, 0.15) is 5.82 Å². The molecule has 1 aliphatic heterocycles. The number of esters is 1. The zero-order valence-corrected chi connectivity index (χ0v) is 15.6. The van der Waals surface area contributed by atoms with Crippen molar-refractivity contribution < 1.29 is 23.5 Å². The van der Waals surface area contributed by atoms with E-state index in [2.05, 4.69) is 4.74 Å². The third-order valence-electron chi connectivity index (χ3n) is 4.72. The molecule has 0 saturated carbocycles. The van der Waals surface area contributed by atoms with Crippen LogP contribution in [0.2, 0.25) is 0 Å². The highest BCUT2D eigenvalue weighted by atomic mass is 19.1. The number of piperazine rings is 1. The van der Waals surface area contributed by atoms with Crippen LogP contribution in [0.15, 0.2) is 48.5 Å². The van der Waals surface area contributed by atoms with E-state index in [9.17, 15) is 18.8 Å². The summed E-state index contributed by atoms with van der Waals surface area (Å²) in [6.07, 6.45) is 0.204. The van der Waals surface area contributed by atoms with Crippen LogP contribution in [0.5, 0.6) is 0 Å². The maximum absolute atomic E-state index is 13.0. The zero-order valence-electron chi connectivity index (χ0n) is 15.6. The van der Waals surface area contributed by atoms with E-state index >= 15 is 0 Å². The average Bonchev–Trinajstić information content (AvgIpc) is 2.74. The van der Waals surface area contributed by atoms with E-state index in [1.165, 1.54) is 25.3 Å². The van der Waals surface area contributed by atoms with Gasteiger partial charge in [0.2, 0.25) is 5.91 Å². The molecule has 3 rings (SSSR count). The number of hydrogen-bond donors (Lipinski definition) is 0. The molecular weight excluding hydrogens is 363 g/mol. The molecule has 0 unspecified atom stereocenters. The lowest BCUT2D eigenvalue weighted by molar-refractivity contribution is -0.131. The molecule has 146 valence electrons. The predicted molar refractivity (Wildman–Crippen MR) is 100 cm³/mol. The molecule has 0 bridgehead atoms. The Labute approximate surface area is 162 Å². The minimum atomic E-state index is -0.495. The Morgan fingerprint density at radius 2 is 1.54 bits per heavy atom. The van der Waals surface area contributed by atoms with Crippen LogP contribution in [-0.2, 0) is 16.0 Å². The van der Waals surface area contributed by atoms with Crippen LogP contribution in [-0.4, -0.2) is 60.9 Å². The summed E-state index contributed by atoms with van der Waals surface area (Å²) in [6.45, 7) is 1.69. The standard InChI is InChI=1S/C21H21FN2O4/c1-28-21(27)17-4-2-3-16(14-17)20(26)24-11-9-23(10-12-24)19(25)13-15-5-7-18(22)8-6-15/h2-8,14H,9-13H2,1H3. The summed E-state index contributed by atoms with van der Waals surface area (Å²) in [7, 11) is 1.29. The molecule has 1 aliphatic rings. The third kappa shape index (κ3) is 4.54. The van der Waals surface area contributed by atoms with Crippen LogP contribution < -0.4 is 0 Å². The fourth-order valence-electron chi connectivity index (χ4n) is 3.13. The van der Waals surface area contributed by atoms with Crippen molar-refractivity contribution in [3.63, 3.8) is 0 Å². The average molecular weight is 384 g/mol. The van der Waals surface area contributed by atoms with Crippen molar-refractivity contribution in [3.8, 4) is 0 Å². The Kier molecular flexibility index (Phi) is 6.03.